The molecular weight excluding hydrogens is 542 g/mol. The van der Waals surface area contributed by atoms with Crippen molar-refractivity contribution in [1.29, 1.82) is 0 Å². The third-order valence-corrected chi connectivity index (χ3v) is 10.9. The molecule has 0 aliphatic carbocycles. The van der Waals surface area contributed by atoms with Crippen molar-refractivity contribution < 1.29 is 40.6 Å². The molecule has 0 bridgehead atoms. The van der Waals surface area contributed by atoms with Gasteiger partial charge in [0.15, 0.2) is 0 Å². The molecule has 0 fully saturated rings. The van der Waals surface area contributed by atoms with E-state index in [1.165, 1.54) is 36.4 Å². The smallest absolute Gasteiger partial charge is 0.282 e. The lowest BCUT2D eigenvalue weighted by Crippen LogP contribution is -2.18. The fourth-order valence-electron chi connectivity index (χ4n) is 3.06. The molecule has 3 N–H and O–H groups in total. The number of benzene rings is 3. The van der Waals surface area contributed by atoms with Crippen molar-refractivity contribution in [2.24, 2.45) is 0 Å². The summed E-state index contributed by atoms with van der Waals surface area (Å²) < 4.78 is 70.0. The highest BCUT2D eigenvalue weighted by Gasteiger charge is 2.19. The Morgan fingerprint density at radius 2 is 1.38 bits per heavy atom. The number of hydrogen-bond donors (Lipinski definition) is 3. The molecule has 3 aromatic rings. The van der Waals surface area contributed by atoms with Crippen LogP contribution in [0.5, 0.6) is 0 Å². The van der Waals surface area contributed by atoms with Crippen molar-refractivity contribution >= 4 is 64.7 Å². The van der Waals surface area contributed by atoms with Gasteiger partial charge in [0.25, 0.3) is 20.2 Å². The maximum atomic E-state index is 11.7. The van der Waals surface area contributed by atoms with E-state index >= 15 is 0 Å². The molecule has 0 radical (unpaired) electrons. The van der Waals surface area contributed by atoms with Crippen LogP contribution in [0.1, 0.15) is 0 Å². The lowest BCUT2D eigenvalue weighted by Gasteiger charge is -2.20. The van der Waals surface area contributed by atoms with Gasteiger partial charge in [0.1, 0.15) is 0 Å². The lowest BCUT2D eigenvalue weighted by molar-refractivity contribution is -0.432. The van der Waals surface area contributed by atoms with Gasteiger partial charge >= 0.3 is 0 Å². The first-order chi connectivity index (χ1) is 16.1. The highest BCUT2D eigenvalue weighted by atomic mass is 32.2. The second-order valence-electron chi connectivity index (χ2n) is 6.78. The molecule has 1 unspecified atom stereocenters. The van der Waals surface area contributed by atoms with Crippen molar-refractivity contribution in [1.82, 2.24) is 0 Å². The van der Waals surface area contributed by atoms with Crippen molar-refractivity contribution in [3.8, 4) is 0 Å². The van der Waals surface area contributed by atoms with Crippen LogP contribution in [0.25, 0.3) is 0 Å². The summed E-state index contributed by atoms with van der Waals surface area (Å²) in [6.07, 6.45) is 1.29. The van der Waals surface area contributed by atoms with E-state index in [1.807, 2.05) is 18.2 Å². The van der Waals surface area contributed by atoms with Crippen LogP contribution in [0.2, 0.25) is 0 Å². The molecule has 14 heteroatoms. The Balaban J connectivity index is 1.89. The highest BCUT2D eigenvalue weighted by Crippen LogP contribution is 2.36. The summed E-state index contributed by atoms with van der Waals surface area (Å²) in [7, 11) is -9.68. The Hall–Kier alpha value is -1.43. The predicted molar refractivity (Wildman–Crippen MR) is 133 cm³/mol. The van der Waals surface area contributed by atoms with Gasteiger partial charge in [-0.2, -0.15) is 16.8 Å². The molecule has 0 heterocycles. The van der Waals surface area contributed by atoms with Crippen LogP contribution >= 0.6 is 28.5 Å². The number of hydrogen-bond acceptors (Lipinski definition) is 8. The zero-order valence-corrected chi connectivity index (χ0v) is 21.6. The molecule has 182 valence electrons. The van der Waals surface area contributed by atoms with Gasteiger partial charge < -0.3 is 0 Å². The topological polar surface area (TPSA) is 147 Å². The second-order valence-corrected chi connectivity index (χ2v) is 14.2. The van der Waals surface area contributed by atoms with Crippen LogP contribution in [0, 0.1) is 0 Å². The summed E-state index contributed by atoms with van der Waals surface area (Å²) >= 11 is 0.851. The molecule has 0 amide bonds. The molecule has 0 aliphatic heterocycles. The van der Waals surface area contributed by atoms with Crippen molar-refractivity contribution in [3.05, 3.63) is 72.8 Å². The quantitative estimate of drug-likeness (QED) is 0.105. The van der Waals surface area contributed by atoms with Crippen molar-refractivity contribution in [2.75, 3.05) is 12.3 Å². The Kier molecular flexibility index (Phi) is 9.59. The van der Waals surface area contributed by atoms with Gasteiger partial charge in [0.05, 0.1) is 21.8 Å². The van der Waals surface area contributed by atoms with E-state index in [9.17, 15) is 25.9 Å². The normalized spacial score (nSPS) is 12.6. The monoisotopic (exact) mass is 562 g/mol. The molecule has 0 aliphatic rings. The van der Waals surface area contributed by atoms with Crippen LogP contribution in [-0.2, 0) is 29.6 Å². The zero-order valence-electron chi connectivity index (χ0n) is 17.3. The first-order valence-electron chi connectivity index (χ1n) is 9.49. The fraction of sp³-hybridized carbons (Fsp3) is 0.100. The van der Waals surface area contributed by atoms with Gasteiger partial charge in [-0.05, 0) is 72.6 Å². The van der Waals surface area contributed by atoms with Crippen LogP contribution < -0.4 is 15.9 Å². The van der Waals surface area contributed by atoms with Crippen molar-refractivity contribution in [2.45, 2.75) is 14.7 Å². The van der Waals surface area contributed by atoms with Gasteiger partial charge in [0.2, 0.25) is 0 Å². The summed E-state index contributed by atoms with van der Waals surface area (Å²) in [5.74, 6) is 0. The van der Waals surface area contributed by atoms with E-state index < -0.39 is 28.2 Å². The highest BCUT2D eigenvalue weighted by molar-refractivity contribution is 7.94. The van der Waals surface area contributed by atoms with Gasteiger partial charge in [-0.25, -0.2) is 5.26 Å². The average molecular weight is 563 g/mol. The molecule has 3 aromatic carbocycles. The third kappa shape index (κ3) is 7.79. The SMILES string of the molecule is O=S(=O)(O)c1cccc(P(CCPc2cccc(SOOO)c2)c2cccc(S(=O)(=O)O)c2)c1. The predicted octanol–water partition coefficient (Wildman–Crippen LogP) is 3.05. The largest absolute Gasteiger partial charge is 0.294 e. The molecule has 3 rings (SSSR count). The van der Waals surface area contributed by atoms with E-state index in [4.69, 9.17) is 5.26 Å². The Labute approximate surface area is 204 Å². The Bertz CT molecular complexity index is 1270. The second kappa shape index (κ2) is 12.0. The fourth-order valence-corrected chi connectivity index (χ4v) is 8.84. The zero-order chi connectivity index (χ0) is 24.8. The summed E-state index contributed by atoms with van der Waals surface area (Å²) in [5.41, 5.74) is 0. The molecule has 0 spiro atoms. The Morgan fingerprint density at radius 1 is 0.824 bits per heavy atom. The minimum absolute atomic E-state index is 0.248. The summed E-state index contributed by atoms with van der Waals surface area (Å²) in [6, 6.07) is 19.3. The lowest BCUT2D eigenvalue weighted by atomic mass is 10.4. The number of rotatable bonds is 11. The standard InChI is InChI=1S/C20H20O9P2S3/c21-28-29-32-18-7-1-4-15(12-18)30-10-11-31(16-5-2-8-19(13-16)33(22,23)24)17-6-3-9-20(14-17)34(25,26)27/h1-9,12-14,21,30H,10-11H2,(H,22,23,24)(H,25,26,27). The van der Waals surface area contributed by atoms with Crippen LogP contribution in [0.15, 0.2) is 87.5 Å². The summed E-state index contributed by atoms with van der Waals surface area (Å²) in [4.78, 5) is 0.228. The van der Waals surface area contributed by atoms with Crippen LogP contribution in [0.4, 0.5) is 0 Å². The molecule has 1 atom stereocenters. The maximum Gasteiger partial charge on any atom is 0.294 e. The first kappa shape index (κ1) is 27.2. The Morgan fingerprint density at radius 3 is 1.91 bits per heavy atom. The van der Waals surface area contributed by atoms with E-state index in [-0.39, 0.29) is 9.79 Å². The van der Waals surface area contributed by atoms with Gasteiger partial charge in [0, 0.05) is 4.90 Å². The van der Waals surface area contributed by atoms with Crippen LogP contribution in [-0.4, -0.2) is 43.5 Å². The first-order valence-corrected chi connectivity index (χ1v) is 15.8. The maximum absolute atomic E-state index is 11.7. The third-order valence-electron chi connectivity index (χ3n) is 4.51. The molecule has 0 saturated carbocycles. The van der Waals surface area contributed by atoms with Crippen LogP contribution in [0.3, 0.4) is 0 Å². The van der Waals surface area contributed by atoms with E-state index in [0.29, 0.717) is 31.5 Å². The molecule has 9 nitrogen and oxygen atoms in total. The van der Waals surface area contributed by atoms with E-state index in [1.54, 1.807) is 18.2 Å². The van der Waals surface area contributed by atoms with Gasteiger partial charge in [-0.15, -0.1) is 4.33 Å². The molecule has 34 heavy (non-hydrogen) atoms. The molecule has 0 saturated heterocycles. The van der Waals surface area contributed by atoms with Gasteiger partial charge in [-0.1, -0.05) is 50.0 Å². The van der Waals surface area contributed by atoms with E-state index in [2.05, 4.69) is 9.37 Å². The summed E-state index contributed by atoms with van der Waals surface area (Å²) in [6.45, 7) is 0. The average Bonchev–Trinajstić information content (AvgIpc) is 2.80. The molecular formula is C20H20O9P2S3. The minimum atomic E-state index is -4.41. The summed E-state index contributed by atoms with van der Waals surface area (Å²) in [5, 5.41) is 14.2. The minimum Gasteiger partial charge on any atom is -0.282 e. The molecule has 0 aromatic heterocycles. The van der Waals surface area contributed by atoms with Gasteiger partial charge in [-0.3, -0.25) is 9.11 Å². The van der Waals surface area contributed by atoms with Crippen molar-refractivity contribution in [3.63, 3.8) is 0 Å². The van der Waals surface area contributed by atoms with E-state index in [0.717, 1.165) is 22.2 Å².